The van der Waals surface area contributed by atoms with E-state index in [1.165, 1.54) is 5.56 Å². The van der Waals surface area contributed by atoms with Gasteiger partial charge in [0.05, 0.1) is 22.5 Å². The lowest BCUT2D eigenvalue weighted by molar-refractivity contribution is 0.344. The highest BCUT2D eigenvalue weighted by Gasteiger charge is 2.09. The summed E-state index contributed by atoms with van der Waals surface area (Å²) < 4.78 is 5.48. The summed E-state index contributed by atoms with van der Waals surface area (Å²) in [5.41, 5.74) is 2.23. The van der Waals surface area contributed by atoms with E-state index in [-0.39, 0.29) is 0 Å². The highest BCUT2D eigenvalue weighted by molar-refractivity contribution is 6.36. The van der Waals surface area contributed by atoms with Gasteiger partial charge in [0, 0.05) is 6.20 Å². The number of ether oxygens (including phenoxy) is 1. The molecule has 2 rings (SSSR count). The Morgan fingerprint density at radius 1 is 1.43 bits per heavy atom. The van der Waals surface area contributed by atoms with Gasteiger partial charge in [0.2, 0.25) is 0 Å². The monoisotopic (exact) mass is 209 g/mol. The largest absolute Gasteiger partial charge is 0.492 e. The highest BCUT2D eigenvalue weighted by Crippen LogP contribution is 2.33. The fourth-order valence-corrected chi connectivity index (χ4v) is 1.84. The molecule has 1 heterocycles. The summed E-state index contributed by atoms with van der Waals surface area (Å²) in [6, 6.07) is 3.90. The second-order valence-electron chi connectivity index (χ2n) is 3.20. The van der Waals surface area contributed by atoms with E-state index in [9.17, 15) is 0 Å². The zero-order valence-corrected chi connectivity index (χ0v) is 8.98. The van der Waals surface area contributed by atoms with Crippen molar-refractivity contribution in [2.45, 2.75) is 13.8 Å². The van der Waals surface area contributed by atoms with E-state index < -0.39 is 0 Å². The first-order chi connectivity index (χ1) is 6.74. The van der Waals surface area contributed by atoms with E-state index in [0.717, 1.165) is 21.7 Å². The molecule has 1 aromatic carbocycles. The lowest BCUT2D eigenvalue weighted by Crippen LogP contribution is -1.89. The molecule has 0 aliphatic heterocycles. The van der Waals surface area contributed by atoms with E-state index in [1.807, 2.05) is 32.2 Å². The molecule has 2 nitrogen and oxygen atoms in total. The lowest BCUT2D eigenvalue weighted by atomic mass is 10.1. The van der Waals surface area contributed by atoms with Gasteiger partial charge in [-0.05, 0) is 25.5 Å². The van der Waals surface area contributed by atoms with Gasteiger partial charge in [0.25, 0.3) is 0 Å². The second-order valence-corrected chi connectivity index (χ2v) is 3.61. The van der Waals surface area contributed by atoms with Gasteiger partial charge in [-0.2, -0.15) is 0 Å². The van der Waals surface area contributed by atoms with Gasteiger partial charge in [-0.15, -0.1) is 0 Å². The minimum Gasteiger partial charge on any atom is -0.492 e. The smallest absolute Gasteiger partial charge is 0.146 e. The van der Waals surface area contributed by atoms with Crippen LogP contribution in [0.2, 0.25) is 5.02 Å². The molecule has 1 aromatic heterocycles. The van der Waals surface area contributed by atoms with Gasteiger partial charge in [-0.25, -0.2) is 0 Å². The Labute approximate surface area is 87.8 Å². The minimum atomic E-state index is 0.650. The topological polar surface area (TPSA) is 25.0 Å². The Morgan fingerprint density at radius 3 is 2.93 bits per heavy atom. The summed E-state index contributed by atoms with van der Waals surface area (Å²) in [5.74, 6) is 0.830. The van der Waals surface area contributed by atoms with Gasteiger partial charge >= 0.3 is 0 Å². The summed E-state index contributed by atoms with van der Waals surface area (Å²) >= 11 is 6.11. The Kier molecular flexibility index (Phi) is 2.38. The number of fused-ring (bicyclic) bond motifs is 1. The summed E-state index contributed by atoms with van der Waals surface area (Å²) in [7, 11) is 0. The molecule has 0 bridgehead atoms. The third-order valence-corrected chi connectivity index (χ3v) is 2.57. The van der Waals surface area contributed by atoms with E-state index in [0.29, 0.717) is 6.61 Å². The van der Waals surface area contributed by atoms with Crippen LogP contribution < -0.4 is 4.74 Å². The zero-order valence-electron chi connectivity index (χ0n) is 8.23. The van der Waals surface area contributed by atoms with E-state index in [2.05, 4.69) is 4.98 Å². The average Bonchev–Trinajstić information content (AvgIpc) is 2.58. The normalized spacial score (nSPS) is 10.8. The number of aryl methyl sites for hydroxylation is 1. The van der Waals surface area contributed by atoms with Crippen LogP contribution in [0.1, 0.15) is 12.5 Å². The molecule has 0 saturated carbocycles. The number of hydrogen-bond acceptors (Lipinski definition) is 1. The molecule has 0 atom stereocenters. The summed E-state index contributed by atoms with van der Waals surface area (Å²) in [4.78, 5) is 3.17. The molecule has 0 amide bonds. The van der Waals surface area contributed by atoms with Crippen LogP contribution >= 0.6 is 11.6 Å². The molecule has 0 aliphatic carbocycles. The molecule has 0 fully saturated rings. The molecule has 0 aliphatic rings. The maximum absolute atomic E-state index is 6.11. The summed E-state index contributed by atoms with van der Waals surface area (Å²) in [6.45, 7) is 4.66. The SMILES string of the molecule is CCOc1c[nH]c2c(C)ccc(Cl)c12. The van der Waals surface area contributed by atoms with Crippen LogP contribution in [0.5, 0.6) is 5.75 Å². The average molecular weight is 210 g/mol. The first-order valence-corrected chi connectivity index (χ1v) is 5.00. The first-order valence-electron chi connectivity index (χ1n) is 4.63. The quantitative estimate of drug-likeness (QED) is 0.804. The standard InChI is InChI=1S/C11H12ClNO/c1-3-14-9-6-13-11-7(2)4-5-8(12)10(9)11/h4-6,13H,3H2,1-2H3. The minimum absolute atomic E-state index is 0.650. The van der Waals surface area contributed by atoms with Crippen molar-refractivity contribution in [2.75, 3.05) is 6.61 Å². The molecule has 3 heteroatoms. The summed E-state index contributed by atoms with van der Waals surface area (Å²) in [5, 5.41) is 1.71. The van der Waals surface area contributed by atoms with Crippen molar-refractivity contribution < 1.29 is 4.74 Å². The molecule has 74 valence electrons. The molecular weight excluding hydrogens is 198 g/mol. The number of benzene rings is 1. The van der Waals surface area contributed by atoms with E-state index >= 15 is 0 Å². The van der Waals surface area contributed by atoms with Gasteiger partial charge in [-0.1, -0.05) is 17.7 Å². The van der Waals surface area contributed by atoms with Crippen molar-refractivity contribution in [2.24, 2.45) is 0 Å². The van der Waals surface area contributed by atoms with Crippen LogP contribution in [0.15, 0.2) is 18.3 Å². The molecule has 0 unspecified atom stereocenters. The molecule has 0 saturated heterocycles. The van der Waals surface area contributed by atoms with Crippen LogP contribution in [0, 0.1) is 6.92 Å². The second kappa shape index (κ2) is 3.54. The number of halogens is 1. The molecule has 1 N–H and O–H groups in total. The van der Waals surface area contributed by atoms with Gasteiger partial charge in [-0.3, -0.25) is 0 Å². The number of nitrogens with one attached hydrogen (secondary N) is 1. The van der Waals surface area contributed by atoms with Gasteiger partial charge in [0.1, 0.15) is 5.75 Å². The van der Waals surface area contributed by atoms with Crippen LogP contribution in [-0.4, -0.2) is 11.6 Å². The zero-order chi connectivity index (χ0) is 10.1. The predicted octanol–water partition coefficient (Wildman–Crippen LogP) is 3.53. The lowest BCUT2D eigenvalue weighted by Gasteiger charge is -2.02. The van der Waals surface area contributed by atoms with Crippen molar-refractivity contribution in [3.63, 3.8) is 0 Å². The van der Waals surface area contributed by atoms with Crippen LogP contribution in [0.4, 0.5) is 0 Å². The third-order valence-electron chi connectivity index (χ3n) is 2.26. The number of aromatic amines is 1. The van der Waals surface area contributed by atoms with Crippen LogP contribution in [-0.2, 0) is 0 Å². The van der Waals surface area contributed by atoms with Crippen LogP contribution in [0.25, 0.3) is 10.9 Å². The Morgan fingerprint density at radius 2 is 2.21 bits per heavy atom. The van der Waals surface area contributed by atoms with Crippen molar-refractivity contribution in [1.82, 2.24) is 4.98 Å². The Bertz CT molecular complexity index is 462. The number of rotatable bonds is 2. The number of hydrogen-bond donors (Lipinski definition) is 1. The maximum Gasteiger partial charge on any atom is 0.146 e. The molecular formula is C11H12ClNO. The van der Waals surface area contributed by atoms with Crippen LogP contribution in [0.3, 0.4) is 0 Å². The molecule has 2 aromatic rings. The maximum atomic E-state index is 6.11. The van der Waals surface area contributed by atoms with E-state index in [4.69, 9.17) is 16.3 Å². The predicted molar refractivity (Wildman–Crippen MR) is 59.2 cm³/mol. The van der Waals surface area contributed by atoms with Crippen molar-refractivity contribution in [1.29, 1.82) is 0 Å². The number of aromatic nitrogens is 1. The van der Waals surface area contributed by atoms with Gasteiger partial charge in [0.15, 0.2) is 0 Å². The molecule has 14 heavy (non-hydrogen) atoms. The molecule has 0 radical (unpaired) electrons. The van der Waals surface area contributed by atoms with E-state index in [1.54, 1.807) is 0 Å². The first kappa shape index (κ1) is 9.41. The highest BCUT2D eigenvalue weighted by atomic mass is 35.5. The summed E-state index contributed by atoms with van der Waals surface area (Å²) in [6.07, 6.45) is 1.85. The van der Waals surface area contributed by atoms with Gasteiger partial charge < -0.3 is 9.72 Å². The Hall–Kier alpha value is -1.15. The Balaban J connectivity index is 2.70. The number of H-pyrrole nitrogens is 1. The van der Waals surface area contributed by atoms with Crippen molar-refractivity contribution in [3.8, 4) is 5.75 Å². The fraction of sp³-hybridized carbons (Fsp3) is 0.273. The fourth-order valence-electron chi connectivity index (χ4n) is 1.59. The molecule has 0 spiro atoms. The van der Waals surface area contributed by atoms with Crippen molar-refractivity contribution in [3.05, 3.63) is 28.9 Å². The van der Waals surface area contributed by atoms with Crippen molar-refractivity contribution >= 4 is 22.5 Å². The third kappa shape index (κ3) is 1.36.